The third kappa shape index (κ3) is 3.12. The van der Waals surface area contributed by atoms with E-state index in [1.54, 1.807) is 12.3 Å². The van der Waals surface area contributed by atoms with E-state index < -0.39 is 0 Å². The van der Waals surface area contributed by atoms with Gasteiger partial charge in [0.05, 0.1) is 6.20 Å². The first kappa shape index (κ1) is 13.8. The van der Waals surface area contributed by atoms with Crippen LogP contribution in [-0.4, -0.2) is 32.9 Å². The molecule has 1 saturated heterocycles. The molecule has 112 valence electrons. The van der Waals surface area contributed by atoms with Gasteiger partial charge in [-0.05, 0) is 32.6 Å². The lowest BCUT2D eigenvalue weighted by Gasteiger charge is -2.35. The summed E-state index contributed by atoms with van der Waals surface area (Å²) in [4.78, 5) is 6.89. The quantitative estimate of drug-likeness (QED) is 0.926. The maximum atomic E-state index is 5.02. The second kappa shape index (κ2) is 6.07. The molecule has 3 rings (SSSR count). The largest absolute Gasteiger partial charge is 0.360 e. The third-order valence-electron chi connectivity index (χ3n) is 3.81. The Morgan fingerprint density at radius 3 is 3.10 bits per heavy atom. The van der Waals surface area contributed by atoms with Crippen LogP contribution in [0.2, 0.25) is 0 Å². The Morgan fingerprint density at radius 1 is 1.43 bits per heavy atom. The summed E-state index contributed by atoms with van der Waals surface area (Å²) in [6.45, 7) is 5.09. The average molecular weight is 288 g/mol. The van der Waals surface area contributed by atoms with E-state index in [4.69, 9.17) is 4.52 Å². The molecule has 0 aromatic carbocycles. The third-order valence-corrected chi connectivity index (χ3v) is 3.81. The molecule has 0 radical (unpaired) electrons. The Kier molecular flexibility index (Phi) is 3.98. The molecule has 1 atom stereocenters. The van der Waals surface area contributed by atoms with Gasteiger partial charge in [0, 0.05) is 18.7 Å². The molecule has 0 amide bonds. The van der Waals surface area contributed by atoms with Crippen LogP contribution < -0.4 is 10.2 Å². The zero-order chi connectivity index (χ0) is 14.7. The van der Waals surface area contributed by atoms with Gasteiger partial charge in [-0.2, -0.15) is 10.1 Å². The lowest BCUT2D eigenvalue weighted by molar-refractivity contribution is 0.400. The summed E-state index contributed by atoms with van der Waals surface area (Å²) in [5, 5.41) is 15.0. The number of nitrogens with one attached hydrogen (secondary N) is 1. The number of hydrogen-bond donors (Lipinski definition) is 1. The second-order valence-corrected chi connectivity index (χ2v) is 5.34. The van der Waals surface area contributed by atoms with E-state index in [2.05, 4.69) is 37.5 Å². The molecule has 1 N–H and O–H groups in total. The first-order valence-electron chi connectivity index (χ1n) is 7.43. The molecule has 0 bridgehead atoms. The monoisotopic (exact) mass is 288 g/mol. The van der Waals surface area contributed by atoms with Crippen LogP contribution in [0, 0.1) is 6.92 Å². The van der Waals surface area contributed by atoms with Crippen molar-refractivity contribution >= 4 is 17.6 Å². The van der Waals surface area contributed by atoms with Crippen LogP contribution in [0.5, 0.6) is 0 Å². The normalized spacial score (nSPS) is 18.8. The number of piperidine rings is 1. The summed E-state index contributed by atoms with van der Waals surface area (Å²) in [6.07, 6.45) is 6.55. The molecule has 7 nitrogen and oxygen atoms in total. The van der Waals surface area contributed by atoms with Crippen molar-refractivity contribution < 1.29 is 4.52 Å². The number of hydrogen-bond acceptors (Lipinski definition) is 7. The number of nitrogens with zero attached hydrogens (tertiary/aromatic N) is 5. The Balaban J connectivity index is 1.78. The minimum Gasteiger partial charge on any atom is -0.360 e. The molecule has 1 unspecified atom stereocenters. The molecule has 0 spiro atoms. The predicted octanol–water partition coefficient (Wildman–Crippen LogP) is 2.68. The van der Waals surface area contributed by atoms with E-state index in [1.807, 2.05) is 6.92 Å². The summed E-state index contributed by atoms with van der Waals surface area (Å²) in [6, 6.07) is 2.34. The molecule has 7 heteroatoms. The van der Waals surface area contributed by atoms with Crippen molar-refractivity contribution in [3.8, 4) is 0 Å². The highest BCUT2D eigenvalue weighted by Gasteiger charge is 2.22. The van der Waals surface area contributed by atoms with Crippen molar-refractivity contribution in [2.45, 2.75) is 45.6 Å². The van der Waals surface area contributed by atoms with Gasteiger partial charge in [-0.25, -0.2) is 0 Å². The van der Waals surface area contributed by atoms with E-state index in [-0.39, 0.29) is 0 Å². The minimum atomic E-state index is 0.446. The fourth-order valence-electron chi connectivity index (χ4n) is 2.75. The summed E-state index contributed by atoms with van der Waals surface area (Å²) >= 11 is 0. The van der Waals surface area contributed by atoms with Crippen LogP contribution in [0.3, 0.4) is 0 Å². The van der Waals surface area contributed by atoms with Gasteiger partial charge in [-0.15, -0.1) is 5.10 Å². The van der Waals surface area contributed by atoms with Gasteiger partial charge in [-0.3, -0.25) is 0 Å². The second-order valence-electron chi connectivity index (χ2n) is 5.34. The summed E-state index contributed by atoms with van der Waals surface area (Å²) in [5.41, 5.74) is 0. The van der Waals surface area contributed by atoms with Gasteiger partial charge in [0.15, 0.2) is 11.6 Å². The number of aryl methyl sites for hydroxylation is 1. The van der Waals surface area contributed by atoms with E-state index in [0.717, 1.165) is 24.5 Å². The maximum Gasteiger partial charge on any atom is 0.250 e. The number of rotatable bonds is 4. The van der Waals surface area contributed by atoms with Gasteiger partial charge in [0.1, 0.15) is 5.76 Å². The van der Waals surface area contributed by atoms with Crippen molar-refractivity contribution in [3.63, 3.8) is 0 Å². The van der Waals surface area contributed by atoms with Crippen molar-refractivity contribution in [1.82, 2.24) is 20.3 Å². The van der Waals surface area contributed by atoms with Crippen LogP contribution >= 0.6 is 0 Å². The van der Waals surface area contributed by atoms with Gasteiger partial charge in [-0.1, -0.05) is 12.1 Å². The van der Waals surface area contributed by atoms with Crippen LogP contribution in [0.1, 0.15) is 38.4 Å². The lowest BCUT2D eigenvalue weighted by atomic mass is 10.0. The number of anilines is 3. The predicted molar refractivity (Wildman–Crippen MR) is 79.6 cm³/mol. The number of aromatic nitrogens is 4. The molecule has 1 fully saturated rings. The standard InChI is InChI=1S/C14H20N6O/c1-3-11-6-4-5-7-20(11)13-9-15-18-14(17-13)16-12-8-10(2)21-19-12/h8-9,11H,3-7H2,1-2H3,(H,16,17,18,19). The molecular formula is C14H20N6O. The molecule has 0 saturated carbocycles. The molecule has 1 aliphatic rings. The minimum absolute atomic E-state index is 0.446. The van der Waals surface area contributed by atoms with Gasteiger partial charge >= 0.3 is 0 Å². The molecule has 1 aliphatic heterocycles. The molecule has 2 aromatic heterocycles. The topological polar surface area (TPSA) is 80.0 Å². The smallest absolute Gasteiger partial charge is 0.250 e. The molecular weight excluding hydrogens is 268 g/mol. The Labute approximate surface area is 123 Å². The zero-order valence-electron chi connectivity index (χ0n) is 12.4. The Morgan fingerprint density at radius 2 is 2.33 bits per heavy atom. The van der Waals surface area contributed by atoms with Crippen molar-refractivity contribution in [2.24, 2.45) is 0 Å². The van der Waals surface area contributed by atoms with Crippen molar-refractivity contribution in [3.05, 3.63) is 18.0 Å². The van der Waals surface area contributed by atoms with Crippen LogP contribution in [-0.2, 0) is 0 Å². The van der Waals surface area contributed by atoms with Crippen molar-refractivity contribution in [1.29, 1.82) is 0 Å². The SMILES string of the molecule is CCC1CCCCN1c1cnnc(Nc2cc(C)on2)n1. The van der Waals surface area contributed by atoms with E-state index in [9.17, 15) is 0 Å². The van der Waals surface area contributed by atoms with Gasteiger partial charge in [0.2, 0.25) is 5.95 Å². The van der Waals surface area contributed by atoms with E-state index in [0.29, 0.717) is 17.8 Å². The highest BCUT2D eigenvalue weighted by atomic mass is 16.5. The highest BCUT2D eigenvalue weighted by Crippen LogP contribution is 2.25. The zero-order valence-corrected chi connectivity index (χ0v) is 12.4. The van der Waals surface area contributed by atoms with Crippen molar-refractivity contribution in [2.75, 3.05) is 16.8 Å². The Hall–Kier alpha value is -2.18. The lowest BCUT2D eigenvalue weighted by Crippen LogP contribution is -2.39. The van der Waals surface area contributed by atoms with E-state index in [1.165, 1.54) is 19.3 Å². The average Bonchev–Trinajstić information content (AvgIpc) is 2.92. The first-order chi connectivity index (χ1) is 10.3. The maximum absolute atomic E-state index is 5.02. The fourth-order valence-corrected chi connectivity index (χ4v) is 2.75. The fraction of sp³-hybridized carbons (Fsp3) is 0.571. The molecule has 2 aromatic rings. The van der Waals surface area contributed by atoms with Gasteiger partial charge < -0.3 is 14.7 Å². The molecule has 3 heterocycles. The van der Waals surface area contributed by atoms with Crippen LogP contribution in [0.25, 0.3) is 0 Å². The Bertz CT molecular complexity index is 599. The van der Waals surface area contributed by atoms with Crippen LogP contribution in [0.4, 0.5) is 17.6 Å². The first-order valence-corrected chi connectivity index (χ1v) is 7.43. The van der Waals surface area contributed by atoms with E-state index >= 15 is 0 Å². The highest BCUT2D eigenvalue weighted by molar-refractivity contribution is 5.50. The van der Waals surface area contributed by atoms with Crippen LogP contribution in [0.15, 0.2) is 16.8 Å². The summed E-state index contributed by atoms with van der Waals surface area (Å²) in [7, 11) is 0. The summed E-state index contributed by atoms with van der Waals surface area (Å²) in [5.74, 6) is 2.65. The summed E-state index contributed by atoms with van der Waals surface area (Å²) < 4.78 is 5.02. The molecule has 0 aliphatic carbocycles. The molecule has 21 heavy (non-hydrogen) atoms. The van der Waals surface area contributed by atoms with Gasteiger partial charge in [0.25, 0.3) is 0 Å².